The lowest BCUT2D eigenvalue weighted by Gasteiger charge is -2.39. The zero-order valence-corrected chi connectivity index (χ0v) is 20.7. The van der Waals surface area contributed by atoms with Crippen LogP contribution in [0.2, 0.25) is 5.02 Å². The van der Waals surface area contributed by atoms with Crippen molar-refractivity contribution in [3.63, 3.8) is 0 Å². The van der Waals surface area contributed by atoms with Crippen LogP contribution in [0.4, 0.5) is 4.39 Å². The minimum Gasteiger partial charge on any atom is -0.480 e. The highest BCUT2D eigenvalue weighted by Gasteiger charge is 2.49. The second-order valence-corrected chi connectivity index (χ2v) is 11.9. The van der Waals surface area contributed by atoms with Gasteiger partial charge in [-0.15, -0.1) is 6.58 Å². The van der Waals surface area contributed by atoms with E-state index in [1.807, 2.05) is 58.0 Å². The van der Waals surface area contributed by atoms with Crippen molar-refractivity contribution in [2.45, 2.75) is 56.9 Å². The van der Waals surface area contributed by atoms with Crippen LogP contribution in [-0.2, 0) is 23.0 Å². The molecule has 3 atom stereocenters. The molecule has 0 radical (unpaired) electrons. The summed E-state index contributed by atoms with van der Waals surface area (Å²) >= 11 is 9.59. The summed E-state index contributed by atoms with van der Waals surface area (Å²) in [5, 5.41) is 0.0314. The van der Waals surface area contributed by atoms with Crippen LogP contribution in [0.15, 0.2) is 53.0 Å². The maximum atomic E-state index is 14.3. The molecule has 0 amide bonds. The fourth-order valence-electron chi connectivity index (χ4n) is 3.59. The van der Waals surface area contributed by atoms with Gasteiger partial charge in [0, 0.05) is 22.5 Å². The molecule has 1 aliphatic heterocycles. The minimum atomic E-state index is -1.34. The Morgan fingerprint density at radius 1 is 1.40 bits per heavy atom. The van der Waals surface area contributed by atoms with E-state index in [0.717, 1.165) is 16.7 Å². The fourth-order valence-corrected chi connectivity index (χ4v) is 5.17. The van der Waals surface area contributed by atoms with Crippen molar-refractivity contribution in [2.24, 2.45) is 0 Å². The van der Waals surface area contributed by atoms with Crippen molar-refractivity contribution < 1.29 is 13.3 Å². The van der Waals surface area contributed by atoms with Gasteiger partial charge in [-0.25, -0.2) is 13.3 Å². The van der Waals surface area contributed by atoms with E-state index in [9.17, 15) is 8.60 Å². The SMILES string of the molecule is C=C(C)CC(N[S@](=O)C(C)(C)C)[C@@]1(c2ccccc2)Cc2c(cc(F)c(Cl)c2Br)O1. The molecule has 162 valence electrons. The van der Waals surface area contributed by atoms with Crippen molar-refractivity contribution in [2.75, 3.05) is 0 Å². The van der Waals surface area contributed by atoms with Gasteiger partial charge < -0.3 is 4.74 Å². The van der Waals surface area contributed by atoms with E-state index in [1.165, 1.54) is 6.07 Å². The highest BCUT2D eigenvalue weighted by molar-refractivity contribution is 9.10. The summed E-state index contributed by atoms with van der Waals surface area (Å²) in [6.07, 6.45) is 0.984. The first-order valence-electron chi connectivity index (χ1n) is 9.69. The maximum absolute atomic E-state index is 14.3. The third kappa shape index (κ3) is 4.52. The summed E-state index contributed by atoms with van der Waals surface area (Å²) < 4.78 is 37.2. The van der Waals surface area contributed by atoms with Crippen LogP contribution in [0.25, 0.3) is 0 Å². The molecule has 2 aromatic rings. The zero-order chi connectivity index (χ0) is 22.3. The predicted molar refractivity (Wildman–Crippen MR) is 126 cm³/mol. The molecule has 2 aromatic carbocycles. The minimum absolute atomic E-state index is 0.0314. The molecule has 3 nitrogen and oxygen atoms in total. The predicted octanol–water partition coefficient (Wildman–Crippen LogP) is 6.46. The van der Waals surface area contributed by atoms with E-state index in [1.54, 1.807) is 0 Å². The van der Waals surface area contributed by atoms with E-state index < -0.39 is 27.2 Å². The molecule has 0 aromatic heterocycles. The Labute approximate surface area is 193 Å². The van der Waals surface area contributed by atoms with Crippen LogP contribution in [0.1, 0.15) is 45.2 Å². The molecular weight excluding hydrogens is 489 g/mol. The summed E-state index contributed by atoms with van der Waals surface area (Å²) in [6, 6.07) is 10.7. The Bertz CT molecular complexity index is 993. The molecule has 3 rings (SSSR count). The summed E-state index contributed by atoms with van der Waals surface area (Å²) in [5.41, 5.74) is 1.73. The normalized spacial score (nSPS) is 20.4. The number of nitrogens with one attached hydrogen (secondary N) is 1. The molecule has 1 unspecified atom stereocenters. The molecule has 0 saturated heterocycles. The van der Waals surface area contributed by atoms with E-state index in [0.29, 0.717) is 23.1 Å². The van der Waals surface area contributed by atoms with E-state index >= 15 is 0 Å². The van der Waals surface area contributed by atoms with Crippen LogP contribution >= 0.6 is 27.5 Å². The van der Waals surface area contributed by atoms with Gasteiger partial charge in [0.2, 0.25) is 0 Å². The second kappa shape index (κ2) is 8.73. The van der Waals surface area contributed by atoms with Crippen molar-refractivity contribution in [3.8, 4) is 5.75 Å². The van der Waals surface area contributed by atoms with Crippen LogP contribution in [-0.4, -0.2) is 15.0 Å². The number of hydrogen-bond donors (Lipinski definition) is 1. The first-order valence-corrected chi connectivity index (χ1v) is 12.0. The van der Waals surface area contributed by atoms with Gasteiger partial charge >= 0.3 is 0 Å². The molecule has 1 N–H and O–H groups in total. The smallest absolute Gasteiger partial charge is 0.155 e. The maximum Gasteiger partial charge on any atom is 0.155 e. The zero-order valence-electron chi connectivity index (χ0n) is 17.5. The van der Waals surface area contributed by atoms with Crippen LogP contribution in [0.3, 0.4) is 0 Å². The van der Waals surface area contributed by atoms with E-state index in [4.69, 9.17) is 16.3 Å². The molecule has 0 fully saturated rings. The summed E-state index contributed by atoms with van der Waals surface area (Å²) in [4.78, 5) is 0. The van der Waals surface area contributed by atoms with Crippen LogP contribution in [0, 0.1) is 5.82 Å². The number of halogens is 3. The van der Waals surface area contributed by atoms with Gasteiger partial charge in [-0.1, -0.05) is 47.5 Å². The van der Waals surface area contributed by atoms with E-state index in [2.05, 4.69) is 27.2 Å². The van der Waals surface area contributed by atoms with Crippen molar-refractivity contribution >= 4 is 38.5 Å². The number of benzene rings is 2. The Hall–Kier alpha value is -1.21. The lowest BCUT2D eigenvalue weighted by molar-refractivity contribution is 0.0556. The average molecular weight is 515 g/mol. The molecule has 7 heteroatoms. The lowest BCUT2D eigenvalue weighted by atomic mass is 9.80. The highest BCUT2D eigenvalue weighted by atomic mass is 79.9. The summed E-state index contributed by atoms with van der Waals surface area (Å²) in [6.45, 7) is 11.8. The Kier molecular flexibility index (Phi) is 6.83. The number of hydrogen-bond acceptors (Lipinski definition) is 2. The topological polar surface area (TPSA) is 38.3 Å². The number of fused-ring (bicyclic) bond motifs is 1. The van der Waals surface area contributed by atoms with Crippen molar-refractivity contribution in [1.29, 1.82) is 0 Å². The molecule has 1 aliphatic rings. The van der Waals surface area contributed by atoms with Gasteiger partial charge in [-0.3, -0.25) is 0 Å². The molecule has 0 bridgehead atoms. The Morgan fingerprint density at radius 2 is 2.03 bits per heavy atom. The number of rotatable bonds is 6. The largest absolute Gasteiger partial charge is 0.480 e. The monoisotopic (exact) mass is 513 g/mol. The van der Waals surface area contributed by atoms with Crippen molar-refractivity contribution in [3.05, 3.63) is 75.0 Å². The molecule has 0 spiro atoms. The number of ether oxygens (including phenoxy) is 1. The first kappa shape index (κ1) is 23.5. The van der Waals surface area contributed by atoms with Gasteiger partial charge in [-0.05, 0) is 55.6 Å². The Balaban J connectivity index is 2.16. The van der Waals surface area contributed by atoms with Gasteiger partial charge in [0.1, 0.15) is 11.6 Å². The molecular formula is C23H26BrClFNO2S. The lowest BCUT2D eigenvalue weighted by Crippen LogP contribution is -2.54. The van der Waals surface area contributed by atoms with Gasteiger partial charge in [0.25, 0.3) is 0 Å². The van der Waals surface area contributed by atoms with Crippen LogP contribution < -0.4 is 9.46 Å². The molecule has 30 heavy (non-hydrogen) atoms. The van der Waals surface area contributed by atoms with Crippen molar-refractivity contribution in [1.82, 2.24) is 4.72 Å². The third-order valence-electron chi connectivity index (χ3n) is 5.14. The highest BCUT2D eigenvalue weighted by Crippen LogP contribution is 2.49. The van der Waals surface area contributed by atoms with E-state index in [-0.39, 0.29) is 11.1 Å². The molecule has 0 aliphatic carbocycles. The fraction of sp³-hybridized carbons (Fsp3) is 0.391. The first-order chi connectivity index (χ1) is 14.0. The summed E-state index contributed by atoms with van der Waals surface area (Å²) in [7, 11) is -1.34. The van der Waals surface area contributed by atoms with Gasteiger partial charge in [0.15, 0.2) is 5.60 Å². The molecule has 1 heterocycles. The third-order valence-corrected chi connectivity index (χ3v) is 8.22. The second-order valence-electron chi connectivity index (χ2n) is 8.71. The molecule has 0 saturated carbocycles. The average Bonchev–Trinajstić information content (AvgIpc) is 3.06. The van der Waals surface area contributed by atoms with Gasteiger partial charge in [-0.2, -0.15) is 0 Å². The summed E-state index contributed by atoms with van der Waals surface area (Å²) in [5.74, 6) is -0.114. The Morgan fingerprint density at radius 3 is 2.60 bits per heavy atom. The van der Waals surface area contributed by atoms with Crippen LogP contribution in [0.5, 0.6) is 5.75 Å². The van der Waals surface area contributed by atoms with Gasteiger partial charge in [0.05, 0.1) is 26.8 Å². The quantitative estimate of drug-likeness (QED) is 0.355. The standard InChI is InChI=1S/C23H26BrClFNO2S/c1-14(2)11-19(27-30(28)22(3,4)5)23(15-9-7-6-8-10-15)13-16-18(29-23)12-17(26)21(25)20(16)24/h6-10,12,19,27H,1,11,13H2,2-5H3/t19?,23-,30+/m0/s1.